The molecule has 7 nitrogen and oxygen atoms in total. The number of hydrogen-bond donors (Lipinski definition) is 3. The van der Waals surface area contributed by atoms with Crippen LogP contribution < -0.4 is 10.7 Å². The second-order valence-electron chi connectivity index (χ2n) is 8.54. The number of hydrogen-bond acceptors (Lipinski definition) is 6. The maximum absolute atomic E-state index is 13.0. The molecule has 3 N–H and O–H groups in total. The zero-order valence-electron chi connectivity index (χ0n) is 19.3. The molecule has 2 amide bonds. The summed E-state index contributed by atoms with van der Waals surface area (Å²) in [6.07, 6.45) is 2.72. The Morgan fingerprint density at radius 2 is 1.91 bits per heavy atom. The molecule has 2 aromatic carbocycles. The summed E-state index contributed by atoms with van der Waals surface area (Å²) in [5.74, 6) is -1.09. The number of halogens is 1. The van der Waals surface area contributed by atoms with Crippen molar-refractivity contribution in [2.45, 2.75) is 32.4 Å². The lowest BCUT2D eigenvalue weighted by atomic mass is 10.1. The fourth-order valence-corrected chi connectivity index (χ4v) is 4.85. The number of aliphatic hydroxyl groups is 1. The molecule has 1 aliphatic rings. The number of carbonyl (C=O) groups excluding carboxylic acids is 2. The quantitative estimate of drug-likeness (QED) is 0.340. The van der Waals surface area contributed by atoms with Crippen molar-refractivity contribution in [3.8, 4) is 0 Å². The summed E-state index contributed by atoms with van der Waals surface area (Å²) < 4.78 is 13.0. The Balaban J connectivity index is 1.40. The zero-order chi connectivity index (χ0) is 24.8. The van der Waals surface area contributed by atoms with Gasteiger partial charge in [0.05, 0.1) is 17.9 Å². The van der Waals surface area contributed by atoms with Gasteiger partial charge in [-0.05, 0) is 66.1 Å². The minimum absolute atomic E-state index is 0.224. The van der Waals surface area contributed by atoms with Gasteiger partial charge in [-0.3, -0.25) is 14.5 Å². The first-order valence-corrected chi connectivity index (χ1v) is 12.2. The molecule has 4 rings (SSSR count). The van der Waals surface area contributed by atoms with Crippen molar-refractivity contribution in [2.75, 3.05) is 18.4 Å². The highest BCUT2D eigenvalue weighted by atomic mass is 32.1. The number of benzene rings is 2. The molecule has 0 unspecified atom stereocenters. The number of hydrazone groups is 1. The lowest BCUT2D eigenvalue weighted by Gasteiger charge is -2.29. The van der Waals surface area contributed by atoms with Crippen LogP contribution in [0.15, 0.2) is 59.0 Å². The highest BCUT2D eigenvalue weighted by Crippen LogP contribution is 2.28. The molecular weight excluding hydrogens is 467 g/mol. The van der Waals surface area contributed by atoms with Crippen LogP contribution in [0.1, 0.15) is 50.2 Å². The summed E-state index contributed by atoms with van der Waals surface area (Å²) in [5.41, 5.74) is 5.71. The van der Waals surface area contributed by atoms with Crippen LogP contribution in [0.2, 0.25) is 0 Å². The average molecular weight is 495 g/mol. The molecule has 35 heavy (non-hydrogen) atoms. The third kappa shape index (κ3) is 6.60. The maximum atomic E-state index is 13.0. The van der Waals surface area contributed by atoms with E-state index in [1.807, 2.05) is 18.2 Å². The second kappa shape index (κ2) is 11.4. The second-order valence-corrected chi connectivity index (χ2v) is 9.41. The van der Waals surface area contributed by atoms with E-state index < -0.39 is 5.91 Å². The fraction of sp³-hybridized carbons (Fsp3) is 0.269. The maximum Gasteiger partial charge on any atom is 0.274 e. The number of anilines is 1. The molecule has 3 aromatic rings. The topological polar surface area (TPSA) is 94.0 Å². The Kier molecular flexibility index (Phi) is 8.02. The molecular formula is C26H27FN4O3S. The summed E-state index contributed by atoms with van der Waals surface area (Å²) in [5, 5.41) is 18.7. The van der Waals surface area contributed by atoms with Gasteiger partial charge in [0.2, 0.25) is 0 Å². The monoisotopic (exact) mass is 494 g/mol. The van der Waals surface area contributed by atoms with Crippen molar-refractivity contribution in [3.63, 3.8) is 0 Å². The van der Waals surface area contributed by atoms with Gasteiger partial charge in [-0.15, -0.1) is 11.3 Å². The van der Waals surface area contributed by atoms with Crippen LogP contribution in [0.3, 0.4) is 0 Å². The van der Waals surface area contributed by atoms with Crippen LogP contribution >= 0.6 is 11.3 Å². The van der Waals surface area contributed by atoms with E-state index in [2.05, 4.69) is 20.7 Å². The Morgan fingerprint density at radius 1 is 1.17 bits per heavy atom. The number of thiophene rings is 1. The molecule has 1 fully saturated rings. The molecule has 0 atom stereocenters. The van der Waals surface area contributed by atoms with E-state index in [9.17, 15) is 19.1 Å². The first-order chi connectivity index (χ1) is 16.9. The van der Waals surface area contributed by atoms with Gasteiger partial charge >= 0.3 is 0 Å². The van der Waals surface area contributed by atoms with Gasteiger partial charge in [0, 0.05) is 25.2 Å². The Labute approximate surface area is 207 Å². The molecule has 0 bridgehead atoms. The Hall–Kier alpha value is -3.40. The van der Waals surface area contributed by atoms with E-state index in [-0.39, 0.29) is 17.8 Å². The number of rotatable bonds is 7. The van der Waals surface area contributed by atoms with Crippen LogP contribution in [0.5, 0.6) is 0 Å². The highest BCUT2D eigenvalue weighted by molar-refractivity contribution is 7.15. The first-order valence-electron chi connectivity index (χ1n) is 11.4. The van der Waals surface area contributed by atoms with Gasteiger partial charge in [-0.2, -0.15) is 5.10 Å². The molecule has 1 saturated heterocycles. The molecule has 182 valence electrons. The Morgan fingerprint density at radius 3 is 2.66 bits per heavy atom. The molecule has 1 aromatic heterocycles. The van der Waals surface area contributed by atoms with Crippen molar-refractivity contribution in [3.05, 3.63) is 87.5 Å². The van der Waals surface area contributed by atoms with E-state index in [0.29, 0.717) is 28.2 Å². The van der Waals surface area contributed by atoms with Crippen molar-refractivity contribution < 1.29 is 19.1 Å². The largest absolute Gasteiger partial charge is 0.393 e. The molecule has 1 aliphatic heterocycles. The standard InChI is InChI=1S/C26H27FN4O3S/c1-17-16-35-26(23(17)25(34)30-28-14-18-5-7-21(27)8-6-18)29-24(33)20-4-2-3-19(13-20)15-31-11-9-22(32)10-12-31/h2-8,13-14,16,22,32H,9-12,15H2,1H3,(H,29,33)(H,30,34)/b28-14+. The molecule has 9 heteroatoms. The summed E-state index contributed by atoms with van der Waals surface area (Å²) in [6, 6.07) is 13.1. The summed E-state index contributed by atoms with van der Waals surface area (Å²) in [6.45, 7) is 4.16. The molecule has 0 saturated carbocycles. The molecule has 0 radical (unpaired) electrons. The van der Waals surface area contributed by atoms with E-state index in [1.165, 1.54) is 29.7 Å². The van der Waals surface area contributed by atoms with Gasteiger partial charge in [0.1, 0.15) is 10.8 Å². The number of carbonyl (C=O) groups is 2. The van der Waals surface area contributed by atoms with Crippen LogP contribution in [0.25, 0.3) is 0 Å². The average Bonchev–Trinajstić information content (AvgIpc) is 3.21. The van der Waals surface area contributed by atoms with Crippen LogP contribution in [0.4, 0.5) is 9.39 Å². The van der Waals surface area contributed by atoms with Gasteiger partial charge in [0.25, 0.3) is 11.8 Å². The number of aliphatic hydroxyl groups excluding tert-OH is 1. The van der Waals surface area contributed by atoms with Crippen molar-refractivity contribution >= 4 is 34.4 Å². The minimum atomic E-state index is -0.446. The van der Waals surface area contributed by atoms with Gasteiger partial charge in [0.15, 0.2) is 0 Å². The highest BCUT2D eigenvalue weighted by Gasteiger charge is 2.20. The lowest BCUT2D eigenvalue weighted by Crippen LogP contribution is -2.35. The van der Waals surface area contributed by atoms with Gasteiger partial charge in [-0.1, -0.05) is 24.3 Å². The SMILES string of the molecule is Cc1csc(NC(=O)c2cccc(CN3CCC(O)CC3)c2)c1C(=O)N/N=C/c1ccc(F)cc1. The van der Waals surface area contributed by atoms with E-state index in [4.69, 9.17) is 0 Å². The summed E-state index contributed by atoms with van der Waals surface area (Å²) >= 11 is 1.27. The normalized spacial score (nSPS) is 14.8. The van der Waals surface area contributed by atoms with Crippen LogP contribution in [-0.4, -0.2) is 47.2 Å². The molecule has 2 heterocycles. The van der Waals surface area contributed by atoms with Crippen molar-refractivity contribution in [1.82, 2.24) is 10.3 Å². The lowest BCUT2D eigenvalue weighted by molar-refractivity contribution is 0.0792. The number of aryl methyl sites for hydroxylation is 1. The van der Waals surface area contributed by atoms with E-state index in [0.717, 1.165) is 37.1 Å². The number of likely N-dealkylation sites (tertiary alicyclic amines) is 1. The molecule has 0 aliphatic carbocycles. The summed E-state index contributed by atoms with van der Waals surface area (Å²) in [4.78, 5) is 28.0. The van der Waals surface area contributed by atoms with E-state index >= 15 is 0 Å². The minimum Gasteiger partial charge on any atom is -0.393 e. The number of amides is 2. The number of nitrogens with one attached hydrogen (secondary N) is 2. The number of nitrogens with zero attached hydrogens (tertiary/aromatic N) is 2. The van der Waals surface area contributed by atoms with Crippen molar-refractivity contribution in [1.29, 1.82) is 0 Å². The fourth-order valence-electron chi connectivity index (χ4n) is 3.91. The van der Waals surface area contributed by atoms with Crippen LogP contribution in [0, 0.1) is 12.7 Å². The summed E-state index contributed by atoms with van der Waals surface area (Å²) in [7, 11) is 0. The predicted molar refractivity (Wildman–Crippen MR) is 135 cm³/mol. The Bertz CT molecular complexity index is 1220. The van der Waals surface area contributed by atoms with Gasteiger partial charge < -0.3 is 10.4 Å². The smallest absolute Gasteiger partial charge is 0.274 e. The predicted octanol–water partition coefficient (Wildman–Crippen LogP) is 4.17. The first kappa shape index (κ1) is 24.7. The van der Waals surface area contributed by atoms with Crippen molar-refractivity contribution in [2.24, 2.45) is 5.10 Å². The van der Waals surface area contributed by atoms with Crippen LogP contribution in [-0.2, 0) is 6.54 Å². The van der Waals surface area contributed by atoms with E-state index in [1.54, 1.807) is 30.5 Å². The third-order valence-corrected chi connectivity index (χ3v) is 6.84. The third-order valence-electron chi connectivity index (χ3n) is 5.83. The van der Waals surface area contributed by atoms with Gasteiger partial charge in [-0.25, -0.2) is 9.82 Å². The molecule has 0 spiro atoms. The number of piperidine rings is 1. The zero-order valence-corrected chi connectivity index (χ0v) is 20.1.